The van der Waals surface area contributed by atoms with Crippen molar-refractivity contribution in [2.45, 2.75) is 78.0 Å². The molecule has 3 saturated heterocycles. The van der Waals surface area contributed by atoms with Gasteiger partial charge in [0, 0.05) is 74.3 Å². The number of piperidine rings is 2. The van der Waals surface area contributed by atoms with Crippen LogP contribution in [0.5, 0.6) is 5.75 Å². The molecule has 16 heteroatoms. The Morgan fingerprint density at radius 3 is 2.27 bits per heavy atom. The fourth-order valence-corrected chi connectivity index (χ4v) is 10.3. The summed E-state index contributed by atoms with van der Waals surface area (Å²) in [5.41, 5.74) is 1.33. The molecule has 2 aromatic carbocycles. The van der Waals surface area contributed by atoms with Crippen molar-refractivity contribution in [3.8, 4) is 11.8 Å². The third-order valence-electron chi connectivity index (χ3n) is 13.3. The second-order valence-electron chi connectivity index (χ2n) is 17.8. The number of aromatic nitrogens is 2. The Balaban J connectivity index is 0.769. The number of nitrogens with one attached hydrogen (secondary N) is 2. The van der Waals surface area contributed by atoms with Gasteiger partial charge >= 0.3 is 0 Å². The van der Waals surface area contributed by atoms with E-state index in [-0.39, 0.29) is 42.2 Å². The lowest BCUT2D eigenvalue weighted by molar-refractivity contribution is -0.164. The van der Waals surface area contributed by atoms with E-state index in [0.29, 0.717) is 27.8 Å². The van der Waals surface area contributed by atoms with Gasteiger partial charge in [0.05, 0.1) is 34.1 Å². The van der Waals surface area contributed by atoms with Crippen molar-refractivity contribution in [2.75, 3.05) is 55.6 Å². The van der Waals surface area contributed by atoms with Crippen LogP contribution < -0.4 is 25.2 Å². The van der Waals surface area contributed by atoms with E-state index < -0.39 is 40.5 Å². The number of benzene rings is 2. The molecular weight excluding hydrogens is 786 g/mol. The van der Waals surface area contributed by atoms with Gasteiger partial charge in [0.1, 0.15) is 35.5 Å². The van der Waals surface area contributed by atoms with Gasteiger partial charge in [-0.2, -0.15) is 5.26 Å². The molecule has 8 rings (SSSR count). The third-order valence-corrected chi connectivity index (χ3v) is 13.6. The number of piperazine rings is 1. The molecule has 1 aliphatic carbocycles. The molecule has 1 atom stereocenters. The maximum Gasteiger partial charge on any atom is 0.271 e. The van der Waals surface area contributed by atoms with Crippen LogP contribution in [0.15, 0.2) is 48.8 Å². The highest BCUT2D eigenvalue weighted by molar-refractivity contribution is 6.31. The minimum absolute atomic E-state index is 0.0880. The van der Waals surface area contributed by atoms with Gasteiger partial charge in [-0.25, -0.2) is 9.97 Å². The molecule has 314 valence electrons. The first kappa shape index (κ1) is 41.2. The van der Waals surface area contributed by atoms with E-state index in [4.69, 9.17) is 16.3 Å². The Hall–Kier alpha value is -5.59. The molecule has 2 N–H and O–H groups in total. The van der Waals surface area contributed by atoms with Crippen LogP contribution in [0, 0.1) is 28.1 Å². The van der Waals surface area contributed by atoms with E-state index in [2.05, 4.69) is 69.1 Å². The van der Waals surface area contributed by atoms with Gasteiger partial charge in [-0.15, -0.1) is 0 Å². The minimum Gasteiger partial charge on any atom is -0.489 e. The van der Waals surface area contributed by atoms with Crippen molar-refractivity contribution in [1.29, 1.82) is 5.26 Å². The molecule has 1 unspecified atom stereocenters. The van der Waals surface area contributed by atoms with E-state index in [1.54, 1.807) is 42.7 Å². The summed E-state index contributed by atoms with van der Waals surface area (Å²) >= 11 is 6.24. The van der Waals surface area contributed by atoms with Crippen molar-refractivity contribution < 1.29 is 28.7 Å². The monoisotopic (exact) mass is 835 g/mol. The second-order valence-corrected chi connectivity index (χ2v) is 18.2. The Bertz CT molecular complexity index is 2240. The number of rotatable bonds is 10. The molecule has 0 radical (unpaired) electrons. The number of imide groups is 2. The summed E-state index contributed by atoms with van der Waals surface area (Å²) in [6.07, 6.45) is 6.45. The van der Waals surface area contributed by atoms with Crippen LogP contribution in [0.25, 0.3) is 0 Å². The molecule has 3 aromatic rings. The number of amides is 5. The van der Waals surface area contributed by atoms with Crippen LogP contribution in [-0.4, -0.2) is 113 Å². The molecule has 1 saturated carbocycles. The first-order valence-corrected chi connectivity index (χ1v) is 21.1. The molecule has 60 heavy (non-hydrogen) atoms. The summed E-state index contributed by atoms with van der Waals surface area (Å²) in [6.45, 7) is 14.4. The fraction of sp³-hybridized carbons (Fsp3) is 0.500. The van der Waals surface area contributed by atoms with Crippen LogP contribution in [0.1, 0.15) is 96.6 Å². The number of carbonyl (C=O) groups excluding carboxylic acids is 5. The number of halogens is 1. The molecule has 0 bridgehead atoms. The van der Waals surface area contributed by atoms with Crippen molar-refractivity contribution in [1.82, 2.24) is 30.4 Å². The lowest BCUT2D eigenvalue weighted by Crippen LogP contribution is -2.74. The fourth-order valence-electron chi connectivity index (χ4n) is 10.1. The van der Waals surface area contributed by atoms with E-state index in [0.717, 1.165) is 81.5 Å². The van der Waals surface area contributed by atoms with Crippen molar-refractivity contribution in [3.05, 3.63) is 76.2 Å². The molecule has 5 heterocycles. The number of carbonyl (C=O) groups is 5. The van der Waals surface area contributed by atoms with Crippen LogP contribution in [-0.2, 0) is 9.59 Å². The predicted molar refractivity (Wildman–Crippen MR) is 223 cm³/mol. The normalized spacial score (nSPS) is 24.1. The van der Waals surface area contributed by atoms with Gasteiger partial charge < -0.3 is 19.9 Å². The molecule has 5 aliphatic rings. The number of hydrogen-bond acceptors (Lipinski definition) is 12. The summed E-state index contributed by atoms with van der Waals surface area (Å²) in [7, 11) is 0. The average Bonchev–Trinajstić information content (AvgIpc) is 3.49. The molecule has 1 aromatic heterocycles. The summed E-state index contributed by atoms with van der Waals surface area (Å²) in [6, 6.07) is 11.2. The molecule has 5 amide bonds. The van der Waals surface area contributed by atoms with Crippen molar-refractivity contribution >= 4 is 52.6 Å². The number of nitriles is 1. The Morgan fingerprint density at radius 2 is 1.62 bits per heavy atom. The molecular formula is C44H50ClN9O6. The molecule has 0 spiro atoms. The van der Waals surface area contributed by atoms with Gasteiger partial charge in [0.2, 0.25) is 11.8 Å². The zero-order chi connectivity index (χ0) is 42.5. The van der Waals surface area contributed by atoms with Gasteiger partial charge in [0.25, 0.3) is 17.7 Å². The Morgan fingerprint density at radius 1 is 0.900 bits per heavy atom. The summed E-state index contributed by atoms with van der Waals surface area (Å²) < 4.78 is 6.36. The highest BCUT2D eigenvalue weighted by atomic mass is 35.5. The van der Waals surface area contributed by atoms with Gasteiger partial charge in [-0.1, -0.05) is 39.3 Å². The van der Waals surface area contributed by atoms with Crippen LogP contribution in [0.4, 0.5) is 11.5 Å². The van der Waals surface area contributed by atoms with E-state index >= 15 is 0 Å². The zero-order valence-corrected chi connectivity index (χ0v) is 35.1. The smallest absolute Gasteiger partial charge is 0.271 e. The lowest BCUT2D eigenvalue weighted by atomic mass is 9.49. The highest BCUT2D eigenvalue weighted by Crippen LogP contribution is 2.55. The topological polar surface area (TPSA) is 181 Å². The maximum atomic E-state index is 13.4. The Labute approximate surface area is 354 Å². The number of anilines is 2. The van der Waals surface area contributed by atoms with Crippen LogP contribution >= 0.6 is 11.6 Å². The lowest BCUT2D eigenvalue weighted by Gasteiger charge is -2.63. The maximum absolute atomic E-state index is 13.4. The third kappa shape index (κ3) is 7.67. The summed E-state index contributed by atoms with van der Waals surface area (Å²) in [5.74, 6) is -0.330. The van der Waals surface area contributed by atoms with E-state index in [9.17, 15) is 29.2 Å². The van der Waals surface area contributed by atoms with E-state index in [1.807, 2.05) is 6.07 Å². The standard InChI is InChI=1S/C44H50ClN9O6/c1-43(2)41(44(3,4)42(43)60-29-7-5-27(23-46)32(45)22-29)50-37(56)33-24-48-35(25-47-33)53-15-12-26(13-16-53)11-14-51-17-19-52(20-18-51)28-6-8-30-31(21-28)40(59)54(39(30)58)34-9-10-36(55)49-38(34)57/h5-8,21-22,24-26,34,41-42H,9-20H2,1-4H3,(H,50,56)(H,49,55,57). The first-order valence-electron chi connectivity index (χ1n) is 20.7. The van der Waals surface area contributed by atoms with Crippen LogP contribution in [0.3, 0.4) is 0 Å². The molecule has 4 aliphatic heterocycles. The molecule has 4 fully saturated rings. The van der Waals surface area contributed by atoms with Crippen LogP contribution in [0.2, 0.25) is 5.02 Å². The summed E-state index contributed by atoms with van der Waals surface area (Å²) in [4.78, 5) is 81.0. The first-order chi connectivity index (χ1) is 28.6. The summed E-state index contributed by atoms with van der Waals surface area (Å²) in [5, 5.41) is 15.0. The quantitative estimate of drug-likeness (QED) is 0.275. The van der Waals surface area contributed by atoms with Crippen molar-refractivity contribution in [3.63, 3.8) is 0 Å². The number of ether oxygens (including phenoxy) is 1. The highest BCUT2D eigenvalue weighted by Gasteiger charge is 2.64. The Kier molecular flexibility index (Phi) is 11.1. The van der Waals surface area contributed by atoms with Gasteiger partial charge in [-0.05, 0) is 68.5 Å². The minimum atomic E-state index is -0.977. The number of nitrogens with zero attached hydrogens (tertiary/aromatic N) is 7. The predicted octanol–water partition coefficient (Wildman–Crippen LogP) is 4.44. The van der Waals surface area contributed by atoms with Crippen molar-refractivity contribution in [2.24, 2.45) is 16.7 Å². The van der Waals surface area contributed by atoms with E-state index in [1.165, 1.54) is 0 Å². The largest absolute Gasteiger partial charge is 0.489 e. The number of hydrogen-bond donors (Lipinski definition) is 2. The average molecular weight is 836 g/mol. The second kappa shape index (κ2) is 16.1. The van der Waals surface area contributed by atoms with Gasteiger partial charge in [-0.3, -0.25) is 39.1 Å². The number of fused-ring (bicyclic) bond motifs is 1. The zero-order valence-electron chi connectivity index (χ0n) is 34.4. The SMILES string of the molecule is CC1(C)C(NC(=O)c2cnc(N3CCC(CCN4CCN(c5ccc6c(c5)C(=O)N(C5CCC(=O)NC5=O)C6=O)CC4)CC3)cn2)C(C)(C)C1Oc1ccc(C#N)c(Cl)c1. The molecule has 15 nitrogen and oxygen atoms in total. The van der Waals surface area contributed by atoms with Gasteiger partial charge in [0.15, 0.2) is 0 Å².